The number of para-hydroxylation sites is 1. The molecule has 54 heavy (non-hydrogen) atoms. The molecular weight excluding hydrogens is 695 g/mol. The number of nitrogens with one attached hydrogen (secondary N) is 2. The number of thiophene rings is 1. The average Bonchev–Trinajstić information content (AvgIpc) is 3.85. The van der Waals surface area contributed by atoms with Crippen molar-refractivity contribution >= 4 is 40.2 Å². The number of aryl methyl sites for hydroxylation is 2. The highest BCUT2D eigenvalue weighted by molar-refractivity contribution is 7.15. The molecule has 5 heterocycles. The molecule has 0 radical (unpaired) electrons. The van der Waals surface area contributed by atoms with Crippen LogP contribution in [-0.4, -0.2) is 54.7 Å². The van der Waals surface area contributed by atoms with E-state index in [1.807, 2.05) is 78.3 Å². The molecule has 0 bridgehead atoms. The maximum absolute atomic E-state index is 13.1. The highest BCUT2D eigenvalue weighted by Crippen LogP contribution is 2.40. The first-order valence-electron chi connectivity index (χ1n) is 18.4. The van der Waals surface area contributed by atoms with Crippen LogP contribution in [0.4, 0.5) is 11.4 Å². The SMILES string of the molecule is CCC(=O)N1c2ccccc2[C@H](Nc2ccc(-c3cnn(CCNC(=O)c4ccc(C5=NCc6nnc(C)n6-c6sc(C)c(C)c65)cc4)c3)cc2)C[C@@H]1C. The summed E-state index contributed by atoms with van der Waals surface area (Å²) in [6, 6.07) is 24.4. The average molecular weight is 738 g/mol. The molecule has 0 saturated carbocycles. The van der Waals surface area contributed by atoms with Crippen LogP contribution in [0.1, 0.15) is 81.9 Å². The molecule has 6 aromatic rings. The van der Waals surface area contributed by atoms with Crippen molar-refractivity contribution < 1.29 is 9.59 Å². The van der Waals surface area contributed by atoms with E-state index in [-0.39, 0.29) is 23.9 Å². The van der Waals surface area contributed by atoms with Gasteiger partial charge in [-0.05, 0) is 81.1 Å². The molecule has 3 aromatic carbocycles. The Morgan fingerprint density at radius 2 is 1.69 bits per heavy atom. The molecule has 2 amide bonds. The van der Waals surface area contributed by atoms with Crippen LogP contribution in [0.25, 0.3) is 16.1 Å². The smallest absolute Gasteiger partial charge is 0.251 e. The van der Waals surface area contributed by atoms with Gasteiger partial charge in [-0.15, -0.1) is 21.5 Å². The Labute approximate surface area is 318 Å². The molecule has 0 saturated heterocycles. The van der Waals surface area contributed by atoms with E-state index >= 15 is 0 Å². The zero-order valence-corrected chi connectivity index (χ0v) is 31.9. The normalized spacial score (nSPS) is 16.2. The third-order valence-electron chi connectivity index (χ3n) is 10.5. The summed E-state index contributed by atoms with van der Waals surface area (Å²) in [6.07, 6.45) is 5.17. The number of benzene rings is 3. The number of fused-ring (bicyclic) bond motifs is 4. The second-order valence-electron chi connectivity index (χ2n) is 14.0. The van der Waals surface area contributed by atoms with Gasteiger partial charge in [0.25, 0.3) is 5.91 Å². The fourth-order valence-corrected chi connectivity index (χ4v) is 8.77. The lowest BCUT2D eigenvalue weighted by Gasteiger charge is -2.40. The summed E-state index contributed by atoms with van der Waals surface area (Å²) in [5.74, 6) is 1.69. The monoisotopic (exact) mass is 737 g/mol. The van der Waals surface area contributed by atoms with Gasteiger partial charge < -0.3 is 15.5 Å². The first-order valence-corrected chi connectivity index (χ1v) is 19.3. The molecule has 8 rings (SSSR count). The van der Waals surface area contributed by atoms with Crippen molar-refractivity contribution in [2.24, 2.45) is 4.99 Å². The number of carbonyl (C=O) groups excluding carboxylic acids is 2. The van der Waals surface area contributed by atoms with Gasteiger partial charge in [0.05, 0.1) is 24.5 Å². The highest BCUT2D eigenvalue weighted by Gasteiger charge is 2.33. The Morgan fingerprint density at radius 1 is 0.926 bits per heavy atom. The van der Waals surface area contributed by atoms with Gasteiger partial charge in [0.15, 0.2) is 5.82 Å². The summed E-state index contributed by atoms with van der Waals surface area (Å²) in [4.78, 5) is 34.0. The van der Waals surface area contributed by atoms with Crippen LogP contribution in [0, 0.1) is 20.8 Å². The fourth-order valence-electron chi connectivity index (χ4n) is 7.54. The van der Waals surface area contributed by atoms with Gasteiger partial charge in [-0.1, -0.05) is 49.4 Å². The number of amides is 2. The van der Waals surface area contributed by atoms with Crippen LogP contribution in [0.15, 0.2) is 90.2 Å². The van der Waals surface area contributed by atoms with Gasteiger partial charge in [0.1, 0.15) is 17.4 Å². The minimum atomic E-state index is -0.135. The number of hydrogen-bond donors (Lipinski definition) is 2. The minimum absolute atomic E-state index is 0.103. The molecule has 274 valence electrons. The Morgan fingerprint density at radius 3 is 2.46 bits per heavy atom. The van der Waals surface area contributed by atoms with Gasteiger partial charge in [0.2, 0.25) is 5.91 Å². The fraction of sp³-hybridized carbons (Fsp3) is 0.286. The van der Waals surface area contributed by atoms with Crippen molar-refractivity contribution in [2.45, 2.75) is 72.6 Å². The molecule has 2 aliphatic heterocycles. The van der Waals surface area contributed by atoms with Crippen molar-refractivity contribution in [1.82, 2.24) is 29.9 Å². The van der Waals surface area contributed by atoms with E-state index in [4.69, 9.17) is 4.99 Å². The van der Waals surface area contributed by atoms with E-state index in [1.54, 1.807) is 11.3 Å². The van der Waals surface area contributed by atoms with Crippen LogP contribution >= 0.6 is 11.3 Å². The van der Waals surface area contributed by atoms with Crippen molar-refractivity contribution in [1.29, 1.82) is 0 Å². The van der Waals surface area contributed by atoms with E-state index < -0.39 is 0 Å². The third kappa shape index (κ3) is 6.51. The summed E-state index contributed by atoms with van der Waals surface area (Å²) >= 11 is 1.73. The molecule has 3 aromatic heterocycles. The third-order valence-corrected chi connectivity index (χ3v) is 11.7. The lowest BCUT2D eigenvalue weighted by molar-refractivity contribution is -0.118. The van der Waals surface area contributed by atoms with Crippen LogP contribution in [0.5, 0.6) is 0 Å². The van der Waals surface area contributed by atoms with Crippen LogP contribution in [0.3, 0.4) is 0 Å². The summed E-state index contributed by atoms with van der Waals surface area (Å²) in [5.41, 5.74) is 9.97. The van der Waals surface area contributed by atoms with Crippen molar-refractivity contribution in [3.8, 4) is 16.1 Å². The second kappa shape index (κ2) is 14.5. The number of aliphatic imine (C=N–C) groups is 1. The highest BCUT2D eigenvalue weighted by atomic mass is 32.1. The van der Waals surface area contributed by atoms with Crippen molar-refractivity contribution in [3.05, 3.63) is 130 Å². The summed E-state index contributed by atoms with van der Waals surface area (Å²) < 4.78 is 3.96. The number of rotatable bonds is 9. The van der Waals surface area contributed by atoms with Crippen LogP contribution in [0.2, 0.25) is 0 Å². The topological polar surface area (TPSA) is 122 Å². The minimum Gasteiger partial charge on any atom is -0.378 e. The Kier molecular flexibility index (Phi) is 9.45. The number of nitrogens with zero attached hydrogens (tertiary/aromatic N) is 7. The van der Waals surface area contributed by atoms with Crippen molar-refractivity contribution in [3.63, 3.8) is 0 Å². The van der Waals surface area contributed by atoms with E-state index in [0.717, 1.165) is 68.0 Å². The predicted molar refractivity (Wildman–Crippen MR) is 214 cm³/mol. The van der Waals surface area contributed by atoms with E-state index in [2.05, 4.69) is 81.6 Å². The lowest BCUT2D eigenvalue weighted by atomic mass is 9.91. The van der Waals surface area contributed by atoms with Crippen LogP contribution in [-0.2, 0) is 17.9 Å². The number of carbonyl (C=O) groups is 2. The Bertz CT molecular complexity index is 2390. The second-order valence-corrected chi connectivity index (χ2v) is 15.2. The summed E-state index contributed by atoms with van der Waals surface area (Å²) in [7, 11) is 0. The van der Waals surface area contributed by atoms with Gasteiger partial charge in [-0.2, -0.15) is 5.10 Å². The van der Waals surface area contributed by atoms with E-state index in [1.165, 1.54) is 10.4 Å². The summed E-state index contributed by atoms with van der Waals surface area (Å²) in [5, 5.41) is 21.0. The zero-order chi connectivity index (χ0) is 37.5. The standard InChI is InChI=1S/C42H43N9O2S/c1-6-38(52)50-25(2)21-35(34-9-7-8-10-36(34)50)46-33-17-15-29(16-18-33)32-22-45-49(24-32)20-19-43-41(53)31-13-11-30(12-14-31)40-39-26(3)27(4)54-42(39)51-28(5)47-48-37(51)23-44-40/h7-18,22,24-25,35,46H,6,19-21,23H2,1-5H3,(H,43,53)/t25-,35+/m0/s1. The first-order chi connectivity index (χ1) is 26.2. The molecular formula is C42H43N9O2S. The van der Waals surface area contributed by atoms with Crippen LogP contribution < -0.4 is 15.5 Å². The lowest BCUT2D eigenvalue weighted by Crippen LogP contribution is -2.44. The Hall–Kier alpha value is -5.88. The molecule has 0 fully saturated rings. The van der Waals surface area contributed by atoms with Crippen molar-refractivity contribution in [2.75, 3.05) is 16.8 Å². The van der Waals surface area contributed by atoms with E-state index in [9.17, 15) is 9.59 Å². The number of aromatic nitrogens is 5. The molecule has 2 aliphatic rings. The van der Waals surface area contributed by atoms with Gasteiger partial charge >= 0.3 is 0 Å². The number of hydrogen-bond acceptors (Lipinski definition) is 8. The molecule has 12 heteroatoms. The molecule has 2 atom stereocenters. The van der Waals surface area contributed by atoms with E-state index in [0.29, 0.717) is 31.6 Å². The predicted octanol–water partition coefficient (Wildman–Crippen LogP) is 7.59. The summed E-state index contributed by atoms with van der Waals surface area (Å²) in [6.45, 7) is 11.7. The Balaban J connectivity index is 0.875. The number of anilines is 2. The molecule has 11 nitrogen and oxygen atoms in total. The molecule has 0 unspecified atom stereocenters. The van der Waals surface area contributed by atoms with Gasteiger partial charge in [-0.3, -0.25) is 23.8 Å². The molecule has 0 aliphatic carbocycles. The zero-order valence-electron chi connectivity index (χ0n) is 31.1. The maximum Gasteiger partial charge on any atom is 0.251 e. The quantitative estimate of drug-likeness (QED) is 0.158. The molecule has 0 spiro atoms. The van der Waals surface area contributed by atoms with Gasteiger partial charge in [0, 0.05) is 63.7 Å². The molecule has 2 N–H and O–H groups in total. The maximum atomic E-state index is 13.1. The largest absolute Gasteiger partial charge is 0.378 e. The van der Waals surface area contributed by atoms with Gasteiger partial charge in [-0.25, -0.2) is 0 Å². The first kappa shape index (κ1) is 35.2.